The van der Waals surface area contributed by atoms with Crippen LogP contribution in [0.3, 0.4) is 0 Å². The van der Waals surface area contributed by atoms with E-state index in [1.807, 2.05) is 24.3 Å². The molecule has 0 aliphatic carbocycles. The quantitative estimate of drug-likeness (QED) is 0.770. The number of aryl methyl sites for hydroxylation is 1. The average molecular weight is 334 g/mol. The molecule has 0 unspecified atom stereocenters. The van der Waals surface area contributed by atoms with Crippen molar-refractivity contribution in [2.75, 3.05) is 5.32 Å². The number of hydrogen-bond donors (Lipinski definition) is 1. The number of halogens is 2. The van der Waals surface area contributed by atoms with Crippen LogP contribution in [0.1, 0.15) is 6.42 Å². The number of carbonyl (C=O) groups is 1. The molecule has 0 spiro atoms. The van der Waals surface area contributed by atoms with Crippen LogP contribution in [0.4, 0.5) is 5.69 Å². The fraction of sp³-hybridized carbons (Fsp3) is 0.125. The maximum Gasteiger partial charge on any atom is 0.226 e. The molecule has 3 aromatic rings. The molecule has 0 aliphatic heterocycles. The highest BCUT2D eigenvalue weighted by Crippen LogP contribution is 2.22. The summed E-state index contributed by atoms with van der Waals surface area (Å²) in [6.45, 7) is 0.465. The second-order valence-electron chi connectivity index (χ2n) is 4.84. The van der Waals surface area contributed by atoms with Crippen LogP contribution >= 0.6 is 23.2 Å². The Hall–Kier alpha value is -2.04. The van der Waals surface area contributed by atoms with Crippen LogP contribution in [0, 0.1) is 0 Å². The van der Waals surface area contributed by atoms with Crippen molar-refractivity contribution in [3.8, 4) is 0 Å². The molecule has 0 saturated heterocycles. The number of para-hydroxylation sites is 1. The van der Waals surface area contributed by atoms with Gasteiger partial charge in [0, 0.05) is 22.5 Å². The van der Waals surface area contributed by atoms with Gasteiger partial charge < -0.3 is 5.32 Å². The molecule has 2 aromatic carbocycles. The molecule has 0 atom stereocenters. The Morgan fingerprint density at radius 2 is 1.82 bits per heavy atom. The minimum absolute atomic E-state index is 0.0852. The molecule has 0 aliphatic rings. The van der Waals surface area contributed by atoms with E-state index in [-0.39, 0.29) is 5.91 Å². The summed E-state index contributed by atoms with van der Waals surface area (Å²) in [6, 6.07) is 14.7. The zero-order valence-electron chi connectivity index (χ0n) is 11.6. The summed E-state index contributed by atoms with van der Waals surface area (Å²) in [4.78, 5) is 12.0. The number of aromatic nitrogens is 2. The van der Waals surface area contributed by atoms with Crippen molar-refractivity contribution >= 4 is 45.7 Å². The van der Waals surface area contributed by atoms with Crippen molar-refractivity contribution in [3.63, 3.8) is 0 Å². The first-order valence-electron chi connectivity index (χ1n) is 6.80. The van der Waals surface area contributed by atoms with Crippen LogP contribution in [0.5, 0.6) is 0 Å². The lowest BCUT2D eigenvalue weighted by molar-refractivity contribution is -0.116. The lowest BCUT2D eigenvalue weighted by Crippen LogP contribution is -2.14. The van der Waals surface area contributed by atoms with Crippen LogP contribution in [-0.4, -0.2) is 15.7 Å². The Bertz CT molecular complexity index is 812. The van der Waals surface area contributed by atoms with Gasteiger partial charge in [-0.05, 0) is 36.4 Å². The summed E-state index contributed by atoms with van der Waals surface area (Å²) in [5.41, 5.74) is 1.64. The molecule has 3 rings (SSSR count). The van der Waals surface area contributed by atoms with Crippen LogP contribution in [-0.2, 0) is 11.3 Å². The third kappa shape index (κ3) is 3.24. The highest BCUT2D eigenvalue weighted by molar-refractivity contribution is 6.34. The van der Waals surface area contributed by atoms with Crippen molar-refractivity contribution < 1.29 is 4.79 Å². The molecule has 22 heavy (non-hydrogen) atoms. The van der Waals surface area contributed by atoms with Gasteiger partial charge >= 0.3 is 0 Å². The van der Waals surface area contributed by atoms with E-state index >= 15 is 0 Å². The van der Waals surface area contributed by atoms with Gasteiger partial charge in [-0.25, -0.2) is 0 Å². The molecule has 0 saturated carbocycles. The molecule has 6 heteroatoms. The zero-order valence-corrected chi connectivity index (χ0v) is 13.1. The van der Waals surface area contributed by atoms with E-state index in [4.69, 9.17) is 23.2 Å². The molecule has 1 amide bonds. The van der Waals surface area contributed by atoms with E-state index in [9.17, 15) is 4.79 Å². The largest absolute Gasteiger partial charge is 0.326 e. The van der Waals surface area contributed by atoms with Gasteiger partial charge in [0.15, 0.2) is 5.15 Å². The van der Waals surface area contributed by atoms with Gasteiger partial charge in [-0.1, -0.05) is 35.3 Å². The first kappa shape index (κ1) is 14.9. The minimum Gasteiger partial charge on any atom is -0.326 e. The van der Waals surface area contributed by atoms with Gasteiger partial charge in [-0.15, -0.1) is 0 Å². The van der Waals surface area contributed by atoms with E-state index in [0.717, 1.165) is 16.6 Å². The summed E-state index contributed by atoms with van der Waals surface area (Å²) in [5, 5.41) is 9.07. The summed E-state index contributed by atoms with van der Waals surface area (Å²) < 4.78 is 1.75. The Morgan fingerprint density at radius 3 is 2.59 bits per heavy atom. The Balaban J connectivity index is 1.66. The van der Waals surface area contributed by atoms with Crippen LogP contribution in [0.15, 0.2) is 48.5 Å². The topological polar surface area (TPSA) is 46.9 Å². The van der Waals surface area contributed by atoms with Gasteiger partial charge in [0.05, 0.1) is 12.1 Å². The number of rotatable bonds is 4. The van der Waals surface area contributed by atoms with Gasteiger partial charge in [-0.3, -0.25) is 9.48 Å². The van der Waals surface area contributed by atoms with Gasteiger partial charge in [-0.2, -0.15) is 5.10 Å². The number of benzene rings is 2. The van der Waals surface area contributed by atoms with E-state index < -0.39 is 0 Å². The fourth-order valence-electron chi connectivity index (χ4n) is 2.22. The first-order chi connectivity index (χ1) is 10.6. The molecule has 1 aromatic heterocycles. The number of carbonyl (C=O) groups excluding carboxylic acids is 1. The normalized spacial score (nSPS) is 10.8. The van der Waals surface area contributed by atoms with Crippen molar-refractivity contribution in [3.05, 3.63) is 58.7 Å². The maximum absolute atomic E-state index is 12.0. The van der Waals surface area contributed by atoms with Crippen LogP contribution < -0.4 is 5.32 Å². The Kier molecular flexibility index (Phi) is 4.32. The number of anilines is 1. The van der Waals surface area contributed by atoms with E-state index in [1.54, 1.807) is 28.9 Å². The summed E-state index contributed by atoms with van der Waals surface area (Å²) in [7, 11) is 0. The summed E-state index contributed by atoms with van der Waals surface area (Å²) in [6.07, 6.45) is 0.310. The van der Waals surface area contributed by atoms with Crippen molar-refractivity contribution in [2.24, 2.45) is 0 Å². The average Bonchev–Trinajstić information content (AvgIpc) is 2.85. The first-order valence-corrected chi connectivity index (χ1v) is 7.55. The van der Waals surface area contributed by atoms with Gasteiger partial charge in [0.2, 0.25) is 5.91 Å². The molecule has 112 valence electrons. The second kappa shape index (κ2) is 6.38. The lowest BCUT2D eigenvalue weighted by atomic mass is 10.2. The minimum atomic E-state index is -0.0852. The van der Waals surface area contributed by atoms with Gasteiger partial charge in [0.1, 0.15) is 0 Å². The third-order valence-electron chi connectivity index (χ3n) is 3.29. The Morgan fingerprint density at radius 1 is 1.09 bits per heavy atom. The highest BCUT2D eigenvalue weighted by Gasteiger charge is 2.09. The molecular weight excluding hydrogens is 321 g/mol. The smallest absolute Gasteiger partial charge is 0.226 e. The molecule has 1 heterocycles. The maximum atomic E-state index is 12.0. The number of fused-ring (bicyclic) bond motifs is 1. The summed E-state index contributed by atoms with van der Waals surface area (Å²) in [5.74, 6) is -0.0852. The van der Waals surface area contributed by atoms with Gasteiger partial charge in [0.25, 0.3) is 0 Å². The fourth-order valence-corrected chi connectivity index (χ4v) is 2.60. The molecule has 0 radical (unpaired) electrons. The van der Waals surface area contributed by atoms with E-state index in [1.165, 1.54) is 0 Å². The number of hydrogen-bond acceptors (Lipinski definition) is 2. The molecule has 0 fully saturated rings. The number of nitrogens with one attached hydrogen (secondary N) is 1. The zero-order chi connectivity index (χ0) is 15.5. The van der Waals surface area contributed by atoms with Crippen LogP contribution in [0.2, 0.25) is 10.2 Å². The molecular formula is C16H13Cl2N3O. The standard InChI is InChI=1S/C16H13Cl2N3O/c17-11-5-7-12(8-6-11)19-15(22)9-10-21-14-4-2-1-3-13(14)16(18)20-21/h1-8H,9-10H2,(H,19,22). The Labute approximate surface area is 137 Å². The van der Waals surface area contributed by atoms with Crippen LogP contribution in [0.25, 0.3) is 10.9 Å². The monoisotopic (exact) mass is 333 g/mol. The van der Waals surface area contributed by atoms with Crippen molar-refractivity contribution in [2.45, 2.75) is 13.0 Å². The third-order valence-corrected chi connectivity index (χ3v) is 3.82. The lowest BCUT2D eigenvalue weighted by Gasteiger charge is -2.06. The predicted octanol–water partition coefficient (Wildman–Crippen LogP) is 4.37. The number of amides is 1. The van der Waals surface area contributed by atoms with Crippen molar-refractivity contribution in [1.82, 2.24) is 9.78 Å². The van der Waals surface area contributed by atoms with E-state index in [2.05, 4.69) is 10.4 Å². The predicted molar refractivity (Wildman–Crippen MR) is 89.4 cm³/mol. The molecule has 1 N–H and O–H groups in total. The molecule has 4 nitrogen and oxygen atoms in total. The van der Waals surface area contributed by atoms with E-state index in [0.29, 0.717) is 23.1 Å². The molecule has 0 bridgehead atoms. The highest BCUT2D eigenvalue weighted by atomic mass is 35.5. The number of nitrogens with zero attached hydrogens (tertiary/aromatic N) is 2. The second-order valence-corrected chi connectivity index (χ2v) is 5.63. The van der Waals surface area contributed by atoms with Crippen molar-refractivity contribution in [1.29, 1.82) is 0 Å². The summed E-state index contributed by atoms with van der Waals surface area (Å²) >= 11 is 11.9. The SMILES string of the molecule is O=C(CCn1nc(Cl)c2ccccc21)Nc1ccc(Cl)cc1.